The topological polar surface area (TPSA) is 114 Å². The molecular formula is C37H41BrClN3O7S. The fourth-order valence-corrected chi connectivity index (χ4v) is 7.35. The molecular weight excluding hydrogens is 746 g/mol. The van der Waals surface area contributed by atoms with Gasteiger partial charge in [0.1, 0.15) is 18.3 Å². The van der Waals surface area contributed by atoms with Crippen LogP contribution in [0.1, 0.15) is 31.4 Å². The molecule has 0 aromatic heterocycles. The van der Waals surface area contributed by atoms with E-state index in [1.165, 1.54) is 56.6 Å². The lowest BCUT2D eigenvalue weighted by Crippen LogP contribution is -2.54. The van der Waals surface area contributed by atoms with Crippen molar-refractivity contribution in [1.29, 1.82) is 0 Å². The molecule has 1 N–H and O–H groups in total. The van der Waals surface area contributed by atoms with E-state index >= 15 is 0 Å². The molecule has 50 heavy (non-hydrogen) atoms. The monoisotopic (exact) mass is 785 g/mol. The molecule has 4 rings (SSSR count). The minimum Gasteiger partial charge on any atom is -0.495 e. The molecule has 0 fully saturated rings. The highest BCUT2D eigenvalue weighted by atomic mass is 79.9. The van der Waals surface area contributed by atoms with Crippen molar-refractivity contribution in [2.75, 3.05) is 32.2 Å². The van der Waals surface area contributed by atoms with Gasteiger partial charge in [-0.05, 0) is 66.9 Å². The Balaban J connectivity index is 1.89. The Bertz CT molecular complexity index is 1900. The van der Waals surface area contributed by atoms with Crippen molar-refractivity contribution >= 4 is 55.1 Å². The average molecular weight is 787 g/mol. The number of hydrogen-bond donors (Lipinski definition) is 1. The molecule has 0 saturated heterocycles. The third-order valence-corrected chi connectivity index (χ3v) is 10.6. The van der Waals surface area contributed by atoms with Crippen molar-refractivity contribution < 1.29 is 32.2 Å². The van der Waals surface area contributed by atoms with Crippen LogP contribution in [0, 0.1) is 0 Å². The highest BCUT2D eigenvalue weighted by molar-refractivity contribution is 9.10. The Kier molecular flexibility index (Phi) is 13.6. The number of halogens is 2. The third-order valence-electron chi connectivity index (χ3n) is 8.15. The molecule has 266 valence electrons. The standard InChI is InChI=1S/C37H41BrClN3O7S/c1-6-25(2)40-37(44)32(20-26-11-8-7-9-12-26)41(23-27-13-10-14-28(38)19-27)36(43)24-42(31-21-29(39)15-17-33(31)47-3)50(45,46)30-16-18-34(48-4)35(22-30)49-5/h7-19,21-22,25,32H,6,20,23-24H2,1-5H3,(H,40,44)/t25-,32-/m0/s1. The zero-order chi connectivity index (χ0) is 36.4. The Labute approximate surface area is 307 Å². The van der Waals surface area contributed by atoms with Crippen LogP contribution >= 0.6 is 27.5 Å². The summed E-state index contributed by atoms with van der Waals surface area (Å²) in [5.41, 5.74) is 1.60. The highest BCUT2D eigenvalue weighted by Crippen LogP contribution is 2.37. The number of nitrogens with one attached hydrogen (secondary N) is 1. The van der Waals surface area contributed by atoms with E-state index in [-0.39, 0.29) is 52.0 Å². The van der Waals surface area contributed by atoms with Crippen LogP contribution < -0.4 is 23.8 Å². The van der Waals surface area contributed by atoms with E-state index in [0.29, 0.717) is 12.2 Å². The summed E-state index contributed by atoms with van der Waals surface area (Å²) in [7, 11) is -0.263. The van der Waals surface area contributed by atoms with Crippen molar-refractivity contribution in [2.45, 2.75) is 50.2 Å². The van der Waals surface area contributed by atoms with Crippen LogP contribution in [0.5, 0.6) is 17.2 Å². The average Bonchev–Trinajstić information content (AvgIpc) is 3.11. The molecule has 0 aliphatic rings. The fraction of sp³-hybridized carbons (Fsp3) is 0.297. The van der Waals surface area contributed by atoms with Gasteiger partial charge in [-0.1, -0.05) is 76.9 Å². The first-order valence-corrected chi connectivity index (χ1v) is 18.5. The zero-order valence-corrected chi connectivity index (χ0v) is 31.7. The maximum Gasteiger partial charge on any atom is 0.265 e. The maximum atomic E-state index is 14.8. The Morgan fingerprint density at radius 3 is 2.14 bits per heavy atom. The van der Waals surface area contributed by atoms with Crippen LogP contribution in [0.2, 0.25) is 5.02 Å². The van der Waals surface area contributed by atoms with Crippen LogP contribution in [-0.2, 0) is 32.6 Å². The lowest BCUT2D eigenvalue weighted by Gasteiger charge is -2.34. The Hall–Kier alpha value is -4.26. The van der Waals surface area contributed by atoms with Gasteiger partial charge in [-0.15, -0.1) is 0 Å². The Morgan fingerprint density at radius 2 is 1.50 bits per heavy atom. The van der Waals surface area contributed by atoms with Gasteiger partial charge in [0.05, 0.1) is 31.9 Å². The summed E-state index contributed by atoms with van der Waals surface area (Å²) in [5, 5.41) is 3.26. The van der Waals surface area contributed by atoms with Gasteiger partial charge >= 0.3 is 0 Å². The maximum absolute atomic E-state index is 14.8. The van der Waals surface area contributed by atoms with E-state index in [9.17, 15) is 18.0 Å². The molecule has 0 spiro atoms. The predicted molar refractivity (Wildman–Crippen MR) is 199 cm³/mol. The summed E-state index contributed by atoms with van der Waals surface area (Å²) in [4.78, 5) is 30.1. The quantitative estimate of drug-likeness (QED) is 0.132. The van der Waals surface area contributed by atoms with Gasteiger partial charge in [0, 0.05) is 34.6 Å². The zero-order valence-electron chi connectivity index (χ0n) is 28.6. The van der Waals surface area contributed by atoms with E-state index in [4.69, 9.17) is 25.8 Å². The van der Waals surface area contributed by atoms with Crippen molar-refractivity contribution in [2.24, 2.45) is 0 Å². The summed E-state index contributed by atoms with van der Waals surface area (Å²) in [5.74, 6) is -0.317. The normalized spacial score (nSPS) is 12.4. The summed E-state index contributed by atoms with van der Waals surface area (Å²) >= 11 is 9.90. The smallest absolute Gasteiger partial charge is 0.265 e. The summed E-state index contributed by atoms with van der Waals surface area (Å²) < 4.78 is 47.2. The van der Waals surface area contributed by atoms with E-state index in [0.717, 1.165) is 19.9 Å². The largest absolute Gasteiger partial charge is 0.495 e. The number of carbonyl (C=O) groups is 2. The summed E-state index contributed by atoms with van der Waals surface area (Å²) in [6.45, 7) is 3.17. The Morgan fingerprint density at radius 1 is 0.840 bits per heavy atom. The minimum absolute atomic E-state index is 0.0145. The van der Waals surface area contributed by atoms with Crippen molar-refractivity contribution in [1.82, 2.24) is 10.2 Å². The van der Waals surface area contributed by atoms with E-state index < -0.39 is 28.5 Å². The molecule has 0 aliphatic carbocycles. The van der Waals surface area contributed by atoms with Crippen LogP contribution in [-0.4, -0.2) is 65.1 Å². The first-order valence-electron chi connectivity index (χ1n) is 15.9. The molecule has 2 atom stereocenters. The fourth-order valence-electron chi connectivity index (χ4n) is 5.30. The minimum atomic E-state index is -4.49. The van der Waals surface area contributed by atoms with Gasteiger partial charge in [0.15, 0.2) is 11.5 Å². The number of methoxy groups -OCH3 is 3. The molecule has 13 heteroatoms. The van der Waals surface area contributed by atoms with Crippen LogP contribution in [0.15, 0.2) is 100 Å². The van der Waals surface area contributed by atoms with E-state index in [1.807, 2.05) is 68.4 Å². The molecule has 4 aromatic carbocycles. The lowest BCUT2D eigenvalue weighted by molar-refractivity contribution is -0.140. The van der Waals surface area contributed by atoms with Gasteiger partial charge in [0.2, 0.25) is 11.8 Å². The lowest BCUT2D eigenvalue weighted by atomic mass is 10.0. The molecule has 0 heterocycles. The second kappa shape index (κ2) is 17.6. The van der Waals surface area contributed by atoms with Gasteiger partial charge in [-0.3, -0.25) is 13.9 Å². The highest BCUT2D eigenvalue weighted by Gasteiger charge is 2.36. The number of hydrogen-bond acceptors (Lipinski definition) is 7. The number of rotatable bonds is 16. The third kappa shape index (κ3) is 9.49. The molecule has 0 bridgehead atoms. The van der Waals surface area contributed by atoms with Crippen molar-refractivity contribution in [3.8, 4) is 17.2 Å². The number of amides is 2. The molecule has 0 unspecified atom stereocenters. The molecule has 0 radical (unpaired) electrons. The number of anilines is 1. The number of benzene rings is 4. The van der Waals surface area contributed by atoms with Crippen molar-refractivity contribution in [3.63, 3.8) is 0 Å². The molecule has 0 aliphatic heterocycles. The van der Waals surface area contributed by atoms with Crippen LogP contribution in [0.4, 0.5) is 5.69 Å². The number of sulfonamides is 1. The first kappa shape index (κ1) is 38.5. The van der Waals surface area contributed by atoms with Gasteiger partial charge in [-0.25, -0.2) is 8.42 Å². The van der Waals surface area contributed by atoms with Crippen molar-refractivity contribution in [3.05, 3.63) is 112 Å². The molecule has 10 nitrogen and oxygen atoms in total. The summed E-state index contributed by atoms with van der Waals surface area (Å²) in [6.07, 6.45) is 0.862. The second-order valence-electron chi connectivity index (χ2n) is 11.5. The predicted octanol–water partition coefficient (Wildman–Crippen LogP) is 6.88. The number of ether oxygens (including phenoxy) is 3. The molecule has 4 aromatic rings. The van der Waals surface area contributed by atoms with Gasteiger partial charge in [-0.2, -0.15) is 0 Å². The van der Waals surface area contributed by atoms with Gasteiger partial charge < -0.3 is 24.4 Å². The second-order valence-corrected chi connectivity index (χ2v) is 14.7. The van der Waals surface area contributed by atoms with E-state index in [2.05, 4.69) is 21.2 Å². The van der Waals surface area contributed by atoms with Gasteiger partial charge in [0.25, 0.3) is 10.0 Å². The van der Waals surface area contributed by atoms with Crippen LogP contribution in [0.25, 0.3) is 0 Å². The molecule has 0 saturated carbocycles. The summed E-state index contributed by atoms with van der Waals surface area (Å²) in [6, 6.07) is 24.2. The van der Waals surface area contributed by atoms with Crippen LogP contribution in [0.3, 0.4) is 0 Å². The SMILES string of the molecule is CC[C@H](C)NC(=O)[C@H](Cc1ccccc1)N(Cc1cccc(Br)c1)C(=O)CN(c1cc(Cl)ccc1OC)S(=O)(=O)c1ccc(OC)c(OC)c1. The molecule has 2 amide bonds. The number of carbonyl (C=O) groups excluding carboxylic acids is 2. The number of nitrogens with zero attached hydrogens (tertiary/aromatic N) is 2. The van der Waals surface area contributed by atoms with E-state index in [1.54, 1.807) is 6.07 Å². The first-order chi connectivity index (χ1) is 23.9.